The lowest BCUT2D eigenvalue weighted by molar-refractivity contribution is -0.222. The first-order valence-electron chi connectivity index (χ1n) is 5.91. The minimum atomic E-state index is -1.28. The molecule has 6 nitrogen and oxygen atoms in total. The maximum atomic E-state index is 11.8. The van der Waals surface area contributed by atoms with Gasteiger partial charge in [0, 0.05) is 17.4 Å². The van der Waals surface area contributed by atoms with E-state index in [0.717, 1.165) is 0 Å². The van der Waals surface area contributed by atoms with Crippen LogP contribution in [0.15, 0.2) is 23.8 Å². The van der Waals surface area contributed by atoms with Crippen molar-refractivity contribution in [1.82, 2.24) is 0 Å². The van der Waals surface area contributed by atoms with Crippen LogP contribution in [0, 0.1) is 3.57 Å². The molecule has 0 aliphatic carbocycles. The minimum Gasteiger partial charge on any atom is -0.478 e. The van der Waals surface area contributed by atoms with Gasteiger partial charge in [0.15, 0.2) is 0 Å². The average molecular weight is 402 g/mol. The molecule has 1 saturated heterocycles. The Bertz CT molecular complexity index is 652. The van der Waals surface area contributed by atoms with E-state index in [-0.39, 0.29) is 11.1 Å². The topological polar surface area (TPSA) is 89.9 Å². The lowest BCUT2D eigenvalue weighted by Crippen LogP contribution is -2.41. The second kappa shape index (κ2) is 5.47. The van der Waals surface area contributed by atoms with E-state index < -0.39 is 23.7 Å². The average Bonchev–Trinajstić information content (AvgIpc) is 2.32. The van der Waals surface area contributed by atoms with Crippen LogP contribution in [0.1, 0.15) is 29.8 Å². The first kappa shape index (κ1) is 15.5. The standard InChI is InChI=1S/C14H11IO6/c1-14(2)20-12(18)9(13(19)21-14)5-7-3-4-8(11(16)17)10(15)6-7/h3-6H,1-2H3,(H,16,17). The number of esters is 2. The van der Waals surface area contributed by atoms with E-state index in [1.165, 1.54) is 32.1 Å². The Labute approximate surface area is 133 Å². The van der Waals surface area contributed by atoms with Gasteiger partial charge in [-0.2, -0.15) is 0 Å². The number of aromatic carboxylic acids is 1. The van der Waals surface area contributed by atoms with Gasteiger partial charge in [-0.15, -0.1) is 0 Å². The Morgan fingerprint density at radius 3 is 2.29 bits per heavy atom. The third kappa shape index (κ3) is 3.41. The first-order valence-corrected chi connectivity index (χ1v) is 6.99. The second-order valence-corrected chi connectivity index (χ2v) is 5.94. The fourth-order valence-corrected chi connectivity index (χ4v) is 2.51. The van der Waals surface area contributed by atoms with Gasteiger partial charge < -0.3 is 14.6 Å². The van der Waals surface area contributed by atoms with Crippen molar-refractivity contribution in [3.63, 3.8) is 0 Å². The SMILES string of the molecule is CC1(C)OC(=O)C(=Cc2ccc(C(=O)O)c(I)c2)C(=O)O1. The van der Waals surface area contributed by atoms with Crippen LogP contribution in [0.3, 0.4) is 0 Å². The van der Waals surface area contributed by atoms with Crippen molar-refractivity contribution in [3.05, 3.63) is 38.5 Å². The van der Waals surface area contributed by atoms with Gasteiger partial charge in [-0.1, -0.05) is 6.07 Å². The molecule has 1 N–H and O–H groups in total. The van der Waals surface area contributed by atoms with E-state index in [9.17, 15) is 14.4 Å². The zero-order valence-corrected chi connectivity index (χ0v) is 13.3. The van der Waals surface area contributed by atoms with Gasteiger partial charge in [0.1, 0.15) is 5.57 Å². The van der Waals surface area contributed by atoms with Gasteiger partial charge in [0.25, 0.3) is 5.79 Å². The molecule has 0 saturated carbocycles. The smallest absolute Gasteiger partial charge is 0.348 e. The van der Waals surface area contributed by atoms with Crippen LogP contribution >= 0.6 is 22.6 Å². The highest BCUT2D eigenvalue weighted by atomic mass is 127. The van der Waals surface area contributed by atoms with Gasteiger partial charge in [-0.3, -0.25) is 0 Å². The van der Waals surface area contributed by atoms with Gasteiger partial charge in [0.05, 0.1) is 5.56 Å². The highest BCUT2D eigenvalue weighted by Gasteiger charge is 2.38. The molecule has 0 unspecified atom stereocenters. The van der Waals surface area contributed by atoms with Gasteiger partial charge in [0.2, 0.25) is 0 Å². The number of carbonyl (C=O) groups is 3. The summed E-state index contributed by atoms with van der Waals surface area (Å²) in [6.45, 7) is 2.92. The summed E-state index contributed by atoms with van der Waals surface area (Å²) in [5, 5.41) is 8.95. The molecule has 21 heavy (non-hydrogen) atoms. The first-order chi connectivity index (χ1) is 9.69. The number of halogens is 1. The van der Waals surface area contributed by atoms with E-state index in [2.05, 4.69) is 0 Å². The number of carboxylic acid groups (broad SMARTS) is 1. The van der Waals surface area contributed by atoms with Crippen LogP contribution in [-0.2, 0) is 19.1 Å². The molecule has 1 fully saturated rings. The lowest BCUT2D eigenvalue weighted by Gasteiger charge is -2.29. The van der Waals surface area contributed by atoms with Gasteiger partial charge in [-0.05, 0) is 46.4 Å². The van der Waals surface area contributed by atoms with Crippen LogP contribution in [0.2, 0.25) is 0 Å². The van der Waals surface area contributed by atoms with E-state index >= 15 is 0 Å². The number of hydrogen-bond donors (Lipinski definition) is 1. The molecular formula is C14H11IO6. The third-order valence-electron chi connectivity index (χ3n) is 2.65. The Balaban J connectivity index is 2.36. The molecule has 0 aromatic heterocycles. The predicted molar refractivity (Wildman–Crippen MR) is 80.4 cm³/mol. The summed E-state index contributed by atoms with van der Waals surface area (Å²) in [5.41, 5.74) is 0.425. The van der Waals surface area contributed by atoms with Gasteiger partial charge in [-0.25, -0.2) is 14.4 Å². The van der Waals surface area contributed by atoms with Crippen molar-refractivity contribution in [2.75, 3.05) is 0 Å². The van der Waals surface area contributed by atoms with Gasteiger partial charge >= 0.3 is 17.9 Å². The molecule has 110 valence electrons. The highest BCUT2D eigenvalue weighted by Crippen LogP contribution is 2.25. The molecule has 1 aliphatic heterocycles. The largest absolute Gasteiger partial charge is 0.478 e. The van der Waals surface area contributed by atoms with Crippen LogP contribution in [0.5, 0.6) is 0 Å². The van der Waals surface area contributed by atoms with E-state index in [4.69, 9.17) is 14.6 Å². The molecule has 0 bridgehead atoms. The fraction of sp³-hybridized carbons (Fsp3) is 0.214. The Kier molecular flexibility index (Phi) is 4.04. The summed E-state index contributed by atoms with van der Waals surface area (Å²) >= 11 is 1.87. The third-order valence-corrected chi connectivity index (χ3v) is 3.54. The number of carboxylic acids is 1. The van der Waals surface area contributed by atoms with Crippen molar-refractivity contribution in [3.8, 4) is 0 Å². The normalized spacial score (nSPS) is 17.0. The van der Waals surface area contributed by atoms with E-state index in [1.54, 1.807) is 6.07 Å². The number of benzene rings is 1. The number of carbonyl (C=O) groups excluding carboxylic acids is 2. The van der Waals surface area contributed by atoms with Crippen molar-refractivity contribution in [2.45, 2.75) is 19.6 Å². The number of hydrogen-bond acceptors (Lipinski definition) is 5. The monoisotopic (exact) mass is 402 g/mol. The molecule has 0 radical (unpaired) electrons. The molecule has 7 heteroatoms. The zero-order chi connectivity index (χ0) is 15.8. The van der Waals surface area contributed by atoms with Crippen molar-refractivity contribution < 1.29 is 29.0 Å². The Morgan fingerprint density at radius 1 is 1.24 bits per heavy atom. The van der Waals surface area contributed by atoms with E-state index in [0.29, 0.717) is 9.13 Å². The molecule has 0 spiro atoms. The van der Waals surface area contributed by atoms with Crippen molar-refractivity contribution in [2.24, 2.45) is 0 Å². The number of cyclic esters (lactones) is 2. The lowest BCUT2D eigenvalue weighted by atomic mass is 10.1. The molecule has 1 aromatic rings. The maximum Gasteiger partial charge on any atom is 0.348 e. The Hall–Kier alpha value is -1.90. The molecule has 0 atom stereocenters. The molecule has 1 heterocycles. The zero-order valence-electron chi connectivity index (χ0n) is 11.2. The second-order valence-electron chi connectivity index (χ2n) is 4.78. The Morgan fingerprint density at radius 2 is 1.81 bits per heavy atom. The summed E-state index contributed by atoms with van der Waals surface area (Å²) in [6.07, 6.45) is 1.31. The van der Waals surface area contributed by atoms with E-state index in [1.807, 2.05) is 22.6 Å². The molecule has 1 aliphatic rings. The quantitative estimate of drug-likeness (QED) is 0.353. The summed E-state index contributed by atoms with van der Waals surface area (Å²) in [5.74, 6) is -3.87. The number of rotatable bonds is 2. The maximum absolute atomic E-state index is 11.8. The number of ether oxygens (including phenoxy) is 2. The molecular weight excluding hydrogens is 391 g/mol. The van der Waals surface area contributed by atoms with Crippen molar-refractivity contribution in [1.29, 1.82) is 0 Å². The molecule has 0 amide bonds. The summed E-state index contributed by atoms with van der Waals surface area (Å²) < 4.78 is 10.4. The summed E-state index contributed by atoms with van der Waals surface area (Å²) in [4.78, 5) is 34.5. The molecule has 1 aromatic carbocycles. The van der Waals surface area contributed by atoms with Crippen LogP contribution in [0.4, 0.5) is 0 Å². The summed E-state index contributed by atoms with van der Waals surface area (Å²) in [6, 6.07) is 4.45. The van der Waals surface area contributed by atoms with Crippen LogP contribution in [0.25, 0.3) is 6.08 Å². The highest BCUT2D eigenvalue weighted by molar-refractivity contribution is 14.1. The predicted octanol–water partition coefficient (Wildman–Crippen LogP) is 2.21. The summed E-state index contributed by atoms with van der Waals surface area (Å²) in [7, 11) is 0. The fourth-order valence-electron chi connectivity index (χ4n) is 1.74. The minimum absolute atomic E-state index is 0.146. The van der Waals surface area contributed by atoms with Crippen LogP contribution < -0.4 is 0 Å². The molecule has 2 rings (SSSR count). The van der Waals surface area contributed by atoms with Crippen molar-refractivity contribution >= 4 is 46.6 Å². The van der Waals surface area contributed by atoms with Crippen LogP contribution in [-0.4, -0.2) is 28.8 Å².